The number of nitro benzene ring substituents is 1. The molecule has 1 aromatic carbocycles. The molecule has 3 aliphatic carbocycles. The Bertz CT molecular complexity index is 649. The number of nitro groups is 1. The van der Waals surface area contributed by atoms with E-state index in [-0.39, 0.29) is 10.6 Å². The van der Waals surface area contributed by atoms with Crippen LogP contribution in [0.2, 0.25) is 11.8 Å². The summed E-state index contributed by atoms with van der Waals surface area (Å²) in [5.74, 6) is 1.03. The van der Waals surface area contributed by atoms with Gasteiger partial charge >= 0.3 is 190 Å². The van der Waals surface area contributed by atoms with Crippen LogP contribution in [0.3, 0.4) is 0 Å². The van der Waals surface area contributed by atoms with Crippen LogP contribution in [0.25, 0.3) is 0 Å². The van der Waals surface area contributed by atoms with E-state index in [4.69, 9.17) is 0 Å². The van der Waals surface area contributed by atoms with Crippen LogP contribution in [-0.2, 0) is 5.75 Å². The van der Waals surface area contributed by atoms with Crippen molar-refractivity contribution in [2.24, 2.45) is 0 Å². The average molecular weight is 536 g/mol. The van der Waals surface area contributed by atoms with Crippen LogP contribution in [0.15, 0.2) is 24.3 Å². The normalized spacial score (nSPS) is 22.8. The van der Waals surface area contributed by atoms with Gasteiger partial charge in [-0.15, -0.1) is 0 Å². The van der Waals surface area contributed by atoms with Crippen molar-refractivity contribution < 1.29 is 4.92 Å². The third kappa shape index (κ3) is 5.22. The molecule has 0 radical (unpaired) electrons. The van der Waals surface area contributed by atoms with E-state index in [0.717, 1.165) is 17.6 Å². The minimum atomic E-state index is -2.58. The molecule has 0 bridgehead atoms. The van der Waals surface area contributed by atoms with Crippen LogP contribution in [0.4, 0.5) is 5.69 Å². The first-order chi connectivity index (χ1) is 14.7. The predicted octanol–water partition coefficient (Wildman–Crippen LogP) is 8.78. The number of benzene rings is 1. The van der Waals surface area contributed by atoms with Crippen molar-refractivity contribution in [3.8, 4) is 0 Å². The topological polar surface area (TPSA) is 43.1 Å². The van der Waals surface area contributed by atoms with Crippen LogP contribution in [0.1, 0.15) is 102 Å². The average Bonchev–Trinajstić information content (AvgIpc) is 2.82. The van der Waals surface area contributed by atoms with Gasteiger partial charge in [0.05, 0.1) is 0 Å². The van der Waals surface area contributed by atoms with E-state index in [2.05, 4.69) is 15.0 Å². The summed E-state index contributed by atoms with van der Waals surface area (Å²) in [6.45, 7) is 0. The molecule has 0 heterocycles. The molecule has 0 aromatic heterocycles. The van der Waals surface area contributed by atoms with Crippen molar-refractivity contribution in [3.05, 3.63) is 39.9 Å². The Labute approximate surface area is 189 Å². The third-order valence-corrected chi connectivity index (χ3v) is 37.4. The molecular formula is C25H39NO2SSn. The number of hydrogen-bond donors (Lipinski definition) is 0. The number of rotatable bonds is 7. The first kappa shape index (κ1) is 22.9. The molecule has 0 saturated heterocycles. The molecule has 3 saturated carbocycles. The van der Waals surface area contributed by atoms with Crippen LogP contribution in [-0.4, -0.2) is 21.9 Å². The van der Waals surface area contributed by atoms with Crippen molar-refractivity contribution >= 4 is 31.6 Å². The molecule has 0 spiro atoms. The second-order valence-electron chi connectivity index (χ2n) is 10.1. The quantitative estimate of drug-likeness (QED) is 0.199. The molecule has 166 valence electrons. The number of non-ortho nitro benzene ring substituents is 1. The third-order valence-electron chi connectivity index (χ3n) is 8.34. The predicted molar refractivity (Wildman–Crippen MR) is 131 cm³/mol. The van der Waals surface area contributed by atoms with Crippen molar-refractivity contribution in [2.75, 3.05) is 0 Å². The van der Waals surface area contributed by atoms with Crippen molar-refractivity contribution in [1.29, 1.82) is 0 Å². The van der Waals surface area contributed by atoms with Gasteiger partial charge in [0.25, 0.3) is 0 Å². The van der Waals surface area contributed by atoms with Crippen molar-refractivity contribution in [3.63, 3.8) is 0 Å². The zero-order chi connectivity index (χ0) is 20.8. The van der Waals surface area contributed by atoms with Gasteiger partial charge in [-0.25, -0.2) is 0 Å². The molecule has 3 aliphatic rings. The van der Waals surface area contributed by atoms with Crippen LogP contribution < -0.4 is 0 Å². The Balaban J connectivity index is 1.65. The first-order valence-electron chi connectivity index (χ1n) is 12.6. The van der Waals surface area contributed by atoms with E-state index in [9.17, 15) is 10.1 Å². The van der Waals surface area contributed by atoms with Crippen LogP contribution >= 0.6 is 8.95 Å². The van der Waals surface area contributed by atoms with Gasteiger partial charge in [-0.2, -0.15) is 0 Å². The van der Waals surface area contributed by atoms with Gasteiger partial charge in [0, 0.05) is 0 Å². The molecule has 0 unspecified atom stereocenters. The maximum atomic E-state index is 11.3. The molecule has 5 heteroatoms. The monoisotopic (exact) mass is 537 g/mol. The number of nitrogens with zero attached hydrogens (tertiary/aromatic N) is 1. The van der Waals surface area contributed by atoms with Gasteiger partial charge < -0.3 is 0 Å². The SMILES string of the molecule is O=[N+]([O-])c1cccc(C[S][Sn]([CH]2CCCCC2)([CH]2CCCCC2)[CH]2CCCCC2)c1. The molecule has 0 aliphatic heterocycles. The summed E-state index contributed by atoms with van der Waals surface area (Å²) in [6, 6.07) is 7.53. The van der Waals surface area contributed by atoms with Crippen LogP contribution in [0.5, 0.6) is 0 Å². The molecule has 30 heavy (non-hydrogen) atoms. The van der Waals surface area contributed by atoms with Gasteiger partial charge in [0.1, 0.15) is 0 Å². The molecule has 4 rings (SSSR count). The molecule has 0 atom stereocenters. The fourth-order valence-corrected chi connectivity index (χ4v) is 39.6. The molecule has 0 N–H and O–H groups in total. The van der Waals surface area contributed by atoms with Gasteiger partial charge in [-0.05, 0) is 0 Å². The van der Waals surface area contributed by atoms with Gasteiger partial charge in [-0.1, -0.05) is 0 Å². The summed E-state index contributed by atoms with van der Waals surface area (Å²) in [6.07, 6.45) is 22.1. The molecule has 1 aromatic rings. The summed E-state index contributed by atoms with van der Waals surface area (Å²) in [4.78, 5) is 11.1. The Morgan fingerprint density at radius 3 is 1.70 bits per heavy atom. The Morgan fingerprint density at radius 2 is 1.27 bits per heavy atom. The van der Waals surface area contributed by atoms with Gasteiger partial charge in [0.15, 0.2) is 0 Å². The first-order valence-corrected chi connectivity index (χ1v) is 22.0. The molecule has 3 nitrogen and oxygen atoms in total. The van der Waals surface area contributed by atoms with E-state index < -0.39 is 17.0 Å². The zero-order valence-electron chi connectivity index (χ0n) is 18.5. The molecule has 3 fully saturated rings. The van der Waals surface area contributed by atoms with E-state index >= 15 is 0 Å². The van der Waals surface area contributed by atoms with E-state index in [1.165, 1.54) is 102 Å². The van der Waals surface area contributed by atoms with Gasteiger partial charge in [0.2, 0.25) is 0 Å². The maximum absolute atomic E-state index is 11.3. The fourth-order valence-electron chi connectivity index (χ4n) is 6.98. The molecular weight excluding hydrogens is 497 g/mol. The van der Waals surface area contributed by atoms with Crippen molar-refractivity contribution in [1.82, 2.24) is 0 Å². The Morgan fingerprint density at radius 1 is 0.800 bits per heavy atom. The summed E-state index contributed by atoms with van der Waals surface area (Å²) < 4.78 is 3.17. The Kier molecular flexibility index (Phi) is 8.47. The fraction of sp³-hybridized carbons (Fsp3) is 0.760. The summed E-state index contributed by atoms with van der Waals surface area (Å²) in [5.41, 5.74) is 1.46. The second-order valence-corrected chi connectivity index (χ2v) is 29.7. The Hall–Kier alpha value is -0.231. The number of hydrogen-bond acceptors (Lipinski definition) is 3. The van der Waals surface area contributed by atoms with E-state index in [1.807, 2.05) is 12.1 Å². The van der Waals surface area contributed by atoms with Crippen molar-refractivity contribution in [2.45, 2.75) is 114 Å². The molecule has 0 amide bonds. The zero-order valence-corrected chi connectivity index (χ0v) is 22.2. The summed E-state index contributed by atoms with van der Waals surface area (Å²) >= 11 is -2.58. The standard InChI is InChI=1S/C7H7NO2S.3C6H11.Sn/c9-8(10)7-3-1-2-6(4-7)5-11;3*1-2-4-6-5-3-1;/h1-4,11H,5H2;3*1H,2-6H2;/q;;;;+1/p-1. The second kappa shape index (κ2) is 11.1. The minimum absolute atomic E-state index is 0.228. The summed E-state index contributed by atoms with van der Waals surface area (Å²) in [7, 11) is 2.45. The van der Waals surface area contributed by atoms with E-state index in [0.29, 0.717) is 0 Å². The van der Waals surface area contributed by atoms with E-state index in [1.54, 1.807) is 6.07 Å². The van der Waals surface area contributed by atoms with Crippen LogP contribution in [0, 0.1) is 10.1 Å². The summed E-state index contributed by atoms with van der Waals surface area (Å²) in [5, 5.41) is 11.3. The van der Waals surface area contributed by atoms with Gasteiger partial charge in [-0.3, -0.25) is 0 Å².